The van der Waals surface area contributed by atoms with Crippen LogP contribution in [0.4, 0.5) is 0 Å². The SMILES string of the molecule is COc1ccc(C(=O)NC(CCC(C)(C)C)C(=O)O)c(C)c1. The predicted molar refractivity (Wildman–Crippen MR) is 85.3 cm³/mol. The number of carbonyl (C=O) groups excluding carboxylic acids is 1. The number of carboxylic acids is 1. The summed E-state index contributed by atoms with van der Waals surface area (Å²) in [5.41, 5.74) is 1.23. The summed E-state index contributed by atoms with van der Waals surface area (Å²) in [6.45, 7) is 7.92. The van der Waals surface area contributed by atoms with Crippen LogP contribution in [0.3, 0.4) is 0 Å². The van der Waals surface area contributed by atoms with Gasteiger partial charge < -0.3 is 15.2 Å². The van der Waals surface area contributed by atoms with Crippen molar-refractivity contribution >= 4 is 11.9 Å². The summed E-state index contributed by atoms with van der Waals surface area (Å²) in [7, 11) is 1.56. The van der Waals surface area contributed by atoms with Crippen LogP contribution in [-0.4, -0.2) is 30.1 Å². The summed E-state index contributed by atoms with van der Waals surface area (Å²) in [5.74, 6) is -0.721. The van der Waals surface area contributed by atoms with E-state index in [-0.39, 0.29) is 11.3 Å². The molecule has 0 aromatic heterocycles. The fourth-order valence-corrected chi connectivity index (χ4v) is 2.09. The van der Waals surface area contributed by atoms with Gasteiger partial charge in [0.15, 0.2) is 0 Å². The van der Waals surface area contributed by atoms with E-state index in [4.69, 9.17) is 4.74 Å². The fourth-order valence-electron chi connectivity index (χ4n) is 2.09. The maximum absolute atomic E-state index is 12.3. The molecule has 0 saturated heterocycles. The van der Waals surface area contributed by atoms with Gasteiger partial charge in [-0.15, -0.1) is 0 Å². The molecule has 1 atom stereocenters. The van der Waals surface area contributed by atoms with E-state index in [1.165, 1.54) is 0 Å². The quantitative estimate of drug-likeness (QED) is 0.847. The molecular weight excluding hydrogens is 282 g/mol. The van der Waals surface area contributed by atoms with Crippen molar-refractivity contribution in [1.82, 2.24) is 5.32 Å². The highest BCUT2D eigenvalue weighted by atomic mass is 16.5. The van der Waals surface area contributed by atoms with Crippen molar-refractivity contribution in [2.75, 3.05) is 7.11 Å². The Morgan fingerprint density at radius 2 is 1.95 bits per heavy atom. The van der Waals surface area contributed by atoms with Crippen molar-refractivity contribution < 1.29 is 19.4 Å². The van der Waals surface area contributed by atoms with E-state index in [2.05, 4.69) is 5.32 Å². The normalized spacial score (nSPS) is 12.6. The lowest BCUT2D eigenvalue weighted by atomic mass is 9.88. The van der Waals surface area contributed by atoms with Crippen LogP contribution in [0.1, 0.15) is 49.5 Å². The number of hydrogen-bond acceptors (Lipinski definition) is 3. The number of aliphatic carboxylic acids is 1. The Balaban J connectivity index is 2.81. The number of benzene rings is 1. The van der Waals surface area contributed by atoms with Crippen LogP contribution in [0.5, 0.6) is 5.75 Å². The number of carbonyl (C=O) groups is 2. The Kier molecular flexibility index (Phi) is 5.97. The second kappa shape index (κ2) is 7.29. The van der Waals surface area contributed by atoms with Crippen LogP contribution >= 0.6 is 0 Å². The largest absolute Gasteiger partial charge is 0.497 e. The van der Waals surface area contributed by atoms with Gasteiger partial charge in [0.1, 0.15) is 11.8 Å². The molecule has 1 rings (SSSR count). The molecule has 0 spiro atoms. The lowest BCUT2D eigenvalue weighted by Gasteiger charge is -2.22. The van der Waals surface area contributed by atoms with Crippen molar-refractivity contribution in [3.05, 3.63) is 29.3 Å². The van der Waals surface area contributed by atoms with Gasteiger partial charge in [-0.1, -0.05) is 20.8 Å². The lowest BCUT2D eigenvalue weighted by Crippen LogP contribution is -2.41. The van der Waals surface area contributed by atoms with E-state index in [1.54, 1.807) is 32.2 Å². The molecule has 0 heterocycles. The minimum Gasteiger partial charge on any atom is -0.497 e. The molecule has 0 saturated carbocycles. The van der Waals surface area contributed by atoms with E-state index in [0.29, 0.717) is 24.2 Å². The van der Waals surface area contributed by atoms with Gasteiger partial charge in [-0.3, -0.25) is 4.79 Å². The van der Waals surface area contributed by atoms with Gasteiger partial charge in [-0.05, 0) is 48.9 Å². The summed E-state index contributed by atoms with van der Waals surface area (Å²) in [6, 6.07) is 4.20. The first-order valence-corrected chi connectivity index (χ1v) is 7.32. The molecule has 1 aromatic rings. The number of carboxylic acid groups (broad SMARTS) is 1. The van der Waals surface area contributed by atoms with Crippen LogP contribution in [0, 0.1) is 12.3 Å². The molecule has 22 heavy (non-hydrogen) atoms. The van der Waals surface area contributed by atoms with Gasteiger partial charge in [-0.2, -0.15) is 0 Å². The van der Waals surface area contributed by atoms with Crippen LogP contribution in [0.15, 0.2) is 18.2 Å². The zero-order valence-corrected chi connectivity index (χ0v) is 13.9. The zero-order valence-electron chi connectivity index (χ0n) is 13.9. The number of nitrogens with one attached hydrogen (secondary N) is 1. The molecule has 0 fully saturated rings. The van der Waals surface area contributed by atoms with E-state index >= 15 is 0 Å². The summed E-state index contributed by atoms with van der Waals surface area (Å²) >= 11 is 0. The van der Waals surface area contributed by atoms with Gasteiger partial charge in [0, 0.05) is 5.56 Å². The lowest BCUT2D eigenvalue weighted by molar-refractivity contribution is -0.139. The maximum atomic E-state index is 12.3. The molecule has 5 nitrogen and oxygen atoms in total. The summed E-state index contributed by atoms with van der Waals surface area (Å²) < 4.78 is 5.10. The maximum Gasteiger partial charge on any atom is 0.326 e. The second-order valence-electron chi connectivity index (χ2n) is 6.64. The van der Waals surface area contributed by atoms with Gasteiger partial charge in [0.05, 0.1) is 7.11 Å². The zero-order chi connectivity index (χ0) is 16.9. The van der Waals surface area contributed by atoms with E-state index in [1.807, 2.05) is 20.8 Å². The number of aryl methyl sites for hydroxylation is 1. The number of amides is 1. The van der Waals surface area contributed by atoms with Gasteiger partial charge in [0.25, 0.3) is 5.91 Å². The third-order valence-electron chi connectivity index (χ3n) is 3.46. The molecule has 0 radical (unpaired) electrons. The van der Waals surface area contributed by atoms with Gasteiger partial charge in [-0.25, -0.2) is 4.79 Å². The minimum atomic E-state index is -1.01. The summed E-state index contributed by atoms with van der Waals surface area (Å²) in [5, 5.41) is 11.9. The molecule has 122 valence electrons. The number of ether oxygens (including phenoxy) is 1. The van der Waals surface area contributed by atoms with E-state index in [9.17, 15) is 14.7 Å². The molecule has 1 aromatic carbocycles. The second-order valence-corrected chi connectivity index (χ2v) is 6.64. The smallest absolute Gasteiger partial charge is 0.326 e. The standard InChI is InChI=1S/C17H25NO4/c1-11-10-12(22-5)6-7-13(11)15(19)18-14(16(20)21)8-9-17(2,3)4/h6-7,10,14H,8-9H2,1-5H3,(H,18,19)(H,20,21). The first kappa shape index (κ1) is 18.0. The summed E-state index contributed by atoms with van der Waals surface area (Å²) in [4.78, 5) is 23.6. The number of methoxy groups -OCH3 is 1. The number of rotatable bonds is 6. The topological polar surface area (TPSA) is 75.6 Å². The predicted octanol–water partition coefficient (Wildman–Crippen LogP) is 3.01. The monoisotopic (exact) mass is 307 g/mol. The van der Waals surface area contributed by atoms with E-state index < -0.39 is 12.0 Å². The van der Waals surface area contributed by atoms with Crippen LogP contribution in [0.25, 0.3) is 0 Å². The first-order chi connectivity index (χ1) is 10.1. The third-order valence-corrected chi connectivity index (χ3v) is 3.46. The van der Waals surface area contributed by atoms with Crippen molar-refractivity contribution in [2.45, 2.75) is 46.6 Å². The Bertz CT molecular complexity index is 546. The van der Waals surface area contributed by atoms with Crippen molar-refractivity contribution in [2.24, 2.45) is 5.41 Å². The Hall–Kier alpha value is -2.04. The highest BCUT2D eigenvalue weighted by Crippen LogP contribution is 2.22. The molecule has 1 unspecified atom stereocenters. The average Bonchev–Trinajstić information content (AvgIpc) is 2.41. The molecule has 0 aliphatic heterocycles. The minimum absolute atomic E-state index is 0.0223. The fraction of sp³-hybridized carbons (Fsp3) is 0.529. The molecule has 1 amide bonds. The van der Waals surface area contributed by atoms with Gasteiger partial charge in [0.2, 0.25) is 0 Å². The van der Waals surface area contributed by atoms with Crippen LogP contribution < -0.4 is 10.1 Å². The van der Waals surface area contributed by atoms with Crippen molar-refractivity contribution in [3.8, 4) is 5.75 Å². The third kappa shape index (κ3) is 5.39. The molecular formula is C17H25NO4. The molecule has 0 aliphatic rings. The van der Waals surface area contributed by atoms with Crippen LogP contribution in [-0.2, 0) is 4.79 Å². The molecule has 5 heteroatoms. The van der Waals surface area contributed by atoms with Crippen molar-refractivity contribution in [1.29, 1.82) is 0 Å². The highest BCUT2D eigenvalue weighted by Gasteiger charge is 2.23. The molecule has 0 aliphatic carbocycles. The number of hydrogen-bond donors (Lipinski definition) is 2. The van der Waals surface area contributed by atoms with Gasteiger partial charge >= 0.3 is 5.97 Å². The van der Waals surface area contributed by atoms with Crippen LogP contribution in [0.2, 0.25) is 0 Å². The average molecular weight is 307 g/mol. The molecule has 2 N–H and O–H groups in total. The Labute approximate surface area is 131 Å². The highest BCUT2D eigenvalue weighted by molar-refractivity contribution is 5.97. The Morgan fingerprint density at radius 3 is 2.41 bits per heavy atom. The van der Waals surface area contributed by atoms with Crippen molar-refractivity contribution in [3.63, 3.8) is 0 Å². The first-order valence-electron chi connectivity index (χ1n) is 7.32. The summed E-state index contributed by atoms with van der Waals surface area (Å²) in [6.07, 6.45) is 1.12. The molecule has 0 bridgehead atoms. The van der Waals surface area contributed by atoms with E-state index in [0.717, 1.165) is 5.56 Å². The Morgan fingerprint density at radius 1 is 1.32 bits per heavy atom.